The summed E-state index contributed by atoms with van der Waals surface area (Å²) in [7, 11) is 1.62. The summed E-state index contributed by atoms with van der Waals surface area (Å²) in [5, 5.41) is 2.92. The minimum atomic E-state index is -0.344. The molecule has 1 heterocycles. The van der Waals surface area contributed by atoms with E-state index >= 15 is 0 Å². The molecule has 2 aromatic carbocycles. The molecule has 1 fully saturated rings. The fraction of sp³-hybridized carbons (Fsp3) is 0.364. The van der Waals surface area contributed by atoms with E-state index in [0.717, 1.165) is 11.3 Å². The van der Waals surface area contributed by atoms with E-state index in [1.807, 2.05) is 24.3 Å². The number of nitrogens with zero attached hydrogens (tertiary/aromatic N) is 1. The third kappa shape index (κ3) is 5.09. The monoisotopic (exact) mass is 384 g/mol. The number of halogens is 1. The van der Waals surface area contributed by atoms with Crippen molar-refractivity contribution in [1.29, 1.82) is 0 Å². The molecule has 0 aromatic heterocycles. The van der Waals surface area contributed by atoms with Crippen LogP contribution in [0.15, 0.2) is 48.5 Å². The third-order valence-corrected chi connectivity index (χ3v) is 5.07. The van der Waals surface area contributed by atoms with E-state index in [9.17, 15) is 14.0 Å². The molecular weight excluding hydrogens is 359 g/mol. The Balaban J connectivity index is 1.43. The summed E-state index contributed by atoms with van der Waals surface area (Å²) in [6.07, 6.45) is 1.38. The zero-order chi connectivity index (χ0) is 19.9. The minimum absolute atomic E-state index is 0.0494. The number of carbonyl (C=O) groups is 2. The summed E-state index contributed by atoms with van der Waals surface area (Å²) in [5.41, 5.74) is 1.69. The van der Waals surface area contributed by atoms with Crippen LogP contribution in [-0.2, 0) is 22.4 Å². The molecular formula is C22H25FN2O3. The van der Waals surface area contributed by atoms with Gasteiger partial charge in [-0.3, -0.25) is 9.59 Å². The van der Waals surface area contributed by atoms with Crippen molar-refractivity contribution in [3.8, 4) is 5.75 Å². The summed E-state index contributed by atoms with van der Waals surface area (Å²) >= 11 is 0. The smallest absolute Gasteiger partial charge is 0.225 e. The van der Waals surface area contributed by atoms with Crippen molar-refractivity contribution < 1.29 is 18.7 Å². The molecule has 28 heavy (non-hydrogen) atoms. The van der Waals surface area contributed by atoms with Gasteiger partial charge in [0.05, 0.1) is 13.0 Å². The Morgan fingerprint density at radius 3 is 2.64 bits per heavy atom. The summed E-state index contributed by atoms with van der Waals surface area (Å²) in [6.45, 7) is 1.34. The molecule has 0 aliphatic carbocycles. The van der Waals surface area contributed by atoms with Gasteiger partial charge in [-0.1, -0.05) is 30.3 Å². The van der Waals surface area contributed by atoms with Crippen LogP contribution in [0.1, 0.15) is 17.5 Å². The van der Waals surface area contributed by atoms with Crippen LogP contribution in [0.25, 0.3) is 0 Å². The Hall–Kier alpha value is -2.89. The number of amides is 2. The summed E-state index contributed by atoms with van der Waals surface area (Å²) in [4.78, 5) is 26.2. The van der Waals surface area contributed by atoms with Crippen molar-refractivity contribution in [1.82, 2.24) is 10.2 Å². The zero-order valence-corrected chi connectivity index (χ0v) is 16.0. The van der Waals surface area contributed by atoms with Crippen LogP contribution in [0.5, 0.6) is 5.75 Å². The zero-order valence-electron chi connectivity index (χ0n) is 16.0. The average Bonchev–Trinajstić information content (AvgIpc) is 3.08. The van der Waals surface area contributed by atoms with Crippen LogP contribution in [0.2, 0.25) is 0 Å². The van der Waals surface area contributed by atoms with Gasteiger partial charge in [-0.05, 0) is 42.2 Å². The molecule has 1 unspecified atom stereocenters. The third-order valence-electron chi connectivity index (χ3n) is 5.07. The van der Waals surface area contributed by atoms with Crippen LogP contribution in [0.4, 0.5) is 4.39 Å². The number of nitrogens with one attached hydrogen (secondary N) is 1. The molecule has 1 N–H and O–H groups in total. The number of benzene rings is 2. The summed E-state index contributed by atoms with van der Waals surface area (Å²) in [6, 6.07) is 14.3. The molecule has 1 atom stereocenters. The van der Waals surface area contributed by atoms with Gasteiger partial charge in [0.2, 0.25) is 11.8 Å². The molecule has 0 radical (unpaired) electrons. The number of hydrogen-bond donors (Lipinski definition) is 1. The largest absolute Gasteiger partial charge is 0.497 e. The lowest BCUT2D eigenvalue weighted by atomic mass is 10.1. The first kappa shape index (κ1) is 19.9. The molecule has 2 amide bonds. The highest BCUT2D eigenvalue weighted by Crippen LogP contribution is 2.19. The molecule has 6 heteroatoms. The summed E-state index contributed by atoms with van der Waals surface area (Å²) < 4.78 is 18.8. The number of likely N-dealkylation sites (tertiary alicyclic amines) is 1. The first-order valence-corrected chi connectivity index (χ1v) is 9.48. The van der Waals surface area contributed by atoms with Crippen molar-refractivity contribution in [2.45, 2.75) is 19.3 Å². The highest BCUT2D eigenvalue weighted by atomic mass is 19.1. The second-order valence-electron chi connectivity index (χ2n) is 6.97. The molecule has 5 nitrogen and oxygen atoms in total. The van der Waals surface area contributed by atoms with E-state index in [1.165, 1.54) is 6.07 Å². The molecule has 2 aromatic rings. The molecule has 0 bridgehead atoms. The Morgan fingerprint density at radius 2 is 1.93 bits per heavy atom. The maximum atomic E-state index is 13.7. The normalized spacial score (nSPS) is 16.3. The van der Waals surface area contributed by atoms with Crippen molar-refractivity contribution in [3.05, 3.63) is 65.5 Å². The maximum Gasteiger partial charge on any atom is 0.225 e. The Bertz CT molecular complexity index is 823. The van der Waals surface area contributed by atoms with Gasteiger partial charge in [0, 0.05) is 26.1 Å². The molecule has 1 saturated heterocycles. The highest BCUT2D eigenvalue weighted by molar-refractivity contribution is 5.89. The SMILES string of the molecule is COc1ccc(CCNC(=O)C2CC(=O)N(CCc3ccccc3F)C2)cc1. The predicted molar refractivity (Wildman–Crippen MR) is 104 cm³/mol. The average molecular weight is 384 g/mol. The van der Waals surface area contributed by atoms with E-state index in [0.29, 0.717) is 38.0 Å². The lowest BCUT2D eigenvalue weighted by Crippen LogP contribution is -2.34. The molecule has 148 valence electrons. The van der Waals surface area contributed by atoms with E-state index in [1.54, 1.807) is 30.2 Å². The van der Waals surface area contributed by atoms with Gasteiger partial charge >= 0.3 is 0 Å². The van der Waals surface area contributed by atoms with E-state index in [4.69, 9.17) is 4.74 Å². The first-order valence-electron chi connectivity index (χ1n) is 9.48. The fourth-order valence-electron chi connectivity index (χ4n) is 3.39. The van der Waals surface area contributed by atoms with E-state index < -0.39 is 0 Å². The quantitative estimate of drug-likeness (QED) is 0.761. The van der Waals surface area contributed by atoms with Crippen molar-refractivity contribution in [2.24, 2.45) is 5.92 Å². The lowest BCUT2D eigenvalue weighted by Gasteiger charge is -2.17. The number of carbonyl (C=O) groups excluding carboxylic acids is 2. The Morgan fingerprint density at radius 1 is 1.18 bits per heavy atom. The number of rotatable bonds is 8. The molecule has 1 aliphatic heterocycles. The second-order valence-corrected chi connectivity index (χ2v) is 6.97. The highest BCUT2D eigenvalue weighted by Gasteiger charge is 2.33. The van der Waals surface area contributed by atoms with Crippen molar-refractivity contribution in [3.63, 3.8) is 0 Å². The van der Waals surface area contributed by atoms with Crippen LogP contribution in [0, 0.1) is 11.7 Å². The Kier molecular flexibility index (Phi) is 6.63. The van der Waals surface area contributed by atoms with Gasteiger partial charge in [-0.15, -0.1) is 0 Å². The van der Waals surface area contributed by atoms with Crippen molar-refractivity contribution >= 4 is 11.8 Å². The number of methoxy groups -OCH3 is 1. The molecule has 1 aliphatic rings. The second kappa shape index (κ2) is 9.35. The first-order chi connectivity index (χ1) is 13.6. The van der Waals surface area contributed by atoms with Crippen LogP contribution < -0.4 is 10.1 Å². The maximum absolute atomic E-state index is 13.7. The van der Waals surface area contributed by atoms with Gasteiger partial charge in [-0.25, -0.2) is 4.39 Å². The van der Waals surface area contributed by atoms with E-state index in [-0.39, 0.29) is 30.0 Å². The standard InChI is InChI=1S/C22H25FN2O3/c1-28-19-8-6-16(7-9-19)10-12-24-22(27)18-14-21(26)25(15-18)13-11-17-4-2-3-5-20(17)23/h2-9,18H,10-15H2,1H3,(H,24,27). The van der Waals surface area contributed by atoms with Crippen molar-refractivity contribution in [2.75, 3.05) is 26.7 Å². The fourth-order valence-corrected chi connectivity index (χ4v) is 3.39. The van der Waals surface area contributed by atoms with Gasteiger partial charge in [-0.2, -0.15) is 0 Å². The Labute approximate surface area is 164 Å². The molecule has 0 spiro atoms. The van der Waals surface area contributed by atoms with Gasteiger partial charge < -0.3 is 15.0 Å². The van der Waals surface area contributed by atoms with Gasteiger partial charge in [0.25, 0.3) is 0 Å². The minimum Gasteiger partial charge on any atom is -0.497 e. The van der Waals surface area contributed by atoms with Crippen LogP contribution in [-0.4, -0.2) is 43.5 Å². The van der Waals surface area contributed by atoms with E-state index in [2.05, 4.69) is 5.32 Å². The molecule has 3 rings (SSSR count). The van der Waals surface area contributed by atoms with Gasteiger partial charge in [0.15, 0.2) is 0 Å². The van der Waals surface area contributed by atoms with Crippen LogP contribution in [0.3, 0.4) is 0 Å². The lowest BCUT2D eigenvalue weighted by molar-refractivity contribution is -0.129. The topological polar surface area (TPSA) is 58.6 Å². The summed E-state index contributed by atoms with van der Waals surface area (Å²) in [5.74, 6) is 0.0422. The van der Waals surface area contributed by atoms with Crippen LogP contribution >= 0.6 is 0 Å². The predicted octanol–water partition coefficient (Wildman–Crippen LogP) is 2.58. The number of ether oxygens (including phenoxy) is 1. The molecule has 0 saturated carbocycles. The number of hydrogen-bond acceptors (Lipinski definition) is 3. The van der Waals surface area contributed by atoms with Gasteiger partial charge in [0.1, 0.15) is 11.6 Å².